The lowest BCUT2D eigenvalue weighted by Crippen LogP contribution is -3.10. The van der Waals surface area contributed by atoms with E-state index in [1.165, 1.54) is 35.2 Å². The average Bonchev–Trinajstić information content (AvgIpc) is 2.79. The minimum atomic E-state index is -0.517. The van der Waals surface area contributed by atoms with E-state index in [1.54, 1.807) is 12.1 Å². The molecule has 0 atom stereocenters. The maximum atomic E-state index is 12.7. The van der Waals surface area contributed by atoms with E-state index in [1.807, 2.05) is 12.1 Å². The molecule has 1 fully saturated rings. The number of likely N-dealkylation sites (tertiary alicyclic amines) is 1. The minimum Gasteiger partial charge on any atom is -0.368 e. The lowest BCUT2D eigenvalue weighted by Gasteiger charge is -2.19. The Balaban J connectivity index is 2.02. The van der Waals surface area contributed by atoms with Crippen LogP contribution < -0.4 is 16.2 Å². The molecule has 0 bridgehead atoms. The van der Waals surface area contributed by atoms with Crippen LogP contribution in [0.25, 0.3) is 10.9 Å². The predicted octanol–water partition coefficient (Wildman–Crippen LogP) is -0.159. The molecular weight excluding hydrogens is 292 g/mol. The fraction of sp³-hybridized carbons (Fsp3) is 0.471. The summed E-state index contributed by atoms with van der Waals surface area (Å²) in [4.78, 5) is 30.2. The summed E-state index contributed by atoms with van der Waals surface area (Å²) >= 11 is 0. The lowest BCUT2D eigenvalue weighted by atomic mass is 10.2. The summed E-state index contributed by atoms with van der Waals surface area (Å²) in [6, 6.07) is 7.26. The van der Waals surface area contributed by atoms with Gasteiger partial charge in [0.15, 0.2) is 5.82 Å². The molecule has 0 unspecified atom stereocenters. The Bertz CT molecular complexity index is 761. The normalized spacial score (nSPS) is 16.3. The summed E-state index contributed by atoms with van der Waals surface area (Å²) < 4.78 is 1.45. The Hall–Kier alpha value is -2.21. The molecule has 122 valence electrons. The van der Waals surface area contributed by atoms with Crippen molar-refractivity contribution in [2.75, 3.05) is 13.1 Å². The largest absolute Gasteiger partial charge is 0.368 e. The van der Waals surface area contributed by atoms with Gasteiger partial charge >= 0.3 is 0 Å². The molecule has 1 saturated heterocycles. The summed E-state index contributed by atoms with van der Waals surface area (Å²) in [5.41, 5.74) is 5.83. The number of nitrogens with two attached hydrogens (primary N) is 1. The number of nitrogens with zero attached hydrogens (tertiary/aromatic N) is 2. The van der Waals surface area contributed by atoms with Crippen LogP contribution >= 0.6 is 0 Å². The highest BCUT2D eigenvalue weighted by Gasteiger charge is 2.19. The quantitative estimate of drug-likeness (QED) is 0.822. The van der Waals surface area contributed by atoms with Gasteiger partial charge in [-0.05, 0) is 37.8 Å². The van der Waals surface area contributed by atoms with Crippen LogP contribution in [0.15, 0.2) is 29.1 Å². The van der Waals surface area contributed by atoms with Crippen LogP contribution in [0.5, 0.6) is 0 Å². The first kappa shape index (κ1) is 15.7. The van der Waals surface area contributed by atoms with Crippen LogP contribution in [0.1, 0.15) is 31.5 Å². The molecule has 6 nitrogen and oxygen atoms in total. The first-order valence-corrected chi connectivity index (χ1v) is 8.25. The van der Waals surface area contributed by atoms with Gasteiger partial charge in [-0.25, -0.2) is 4.98 Å². The van der Waals surface area contributed by atoms with E-state index in [4.69, 9.17) is 5.73 Å². The van der Waals surface area contributed by atoms with Gasteiger partial charge in [0, 0.05) is 0 Å². The average molecular weight is 315 g/mol. The molecule has 23 heavy (non-hydrogen) atoms. The SMILES string of the molecule is NC(=O)Cn1c(C[NH+]2CCCCCC2)nc2ccccc2c1=O. The Labute approximate surface area is 134 Å². The second-order valence-corrected chi connectivity index (χ2v) is 6.24. The van der Waals surface area contributed by atoms with E-state index in [2.05, 4.69) is 4.98 Å². The van der Waals surface area contributed by atoms with Crippen molar-refractivity contribution in [3.05, 3.63) is 40.4 Å². The molecule has 0 saturated carbocycles. The van der Waals surface area contributed by atoms with Gasteiger partial charge in [0.2, 0.25) is 5.91 Å². The van der Waals surface area contributed by atoms with Crippen molar-refractivity contribution in [1.29, 1.82) is 0 Å². The molecule has 2 aromatic rings. The number of carbonyl (C=O) groups is 1. The molecular formula is C17H23N4O2+. The van der Waals surface area contributed by atoms with Crippen molar-refractivity contribution in [2.45, 2.75) is 38.8 Å². The van der Waals surface area contributed by atoms with Crippen LogP contribution in [0.2, 0.25) is 0 Å². The second-order valence-electron chi connectivity index (χ2n) is 6.24. The van der Waals surface area contributed by atoms with E-state index >= 15 is 0 Å². The van der Waals surface area contributed by atoms with E-state index in [0.717, 1.165) is 13.1 Å². The number of aromatic nitrogens is 2. The first-order valence-electron chi connectivity index (χ1n) is 8.25. The molecule has 2 heterocycles. The Kier molecular flexibility index (Phi) is 4.71. The second kappa shape index (κ2) is 6.91. The molecule has 1 aliphatic heterocycles. The number of fused-ring (bicyclic) bond motifs is 1. The van der Waals surface area contributed by atoms with E-state index < -0.39 is 5.91 Å². The smallest absolute Gasteiger partial charge is 0.262 e. The summed E-state index contributed by atoms with van der Waals surface area (Å²) in [5.74, 6) is 0.140. The maximum absolute atomic E-state index is 12.7. The molecule has 1 aliphatic rings. The van der Waals surface area contributed by atoms with Gasteiger partial charge in [-0.2, -0.15) is 0 Å². The first-order chi connectivity index (χ1) is 11.1. The van der Waals surface area contributed by atoms with Gasteiger partial charge in [0.1, 0.15) is 13.1 Å². The Morgan fingerprint density at radius 3 is 2.57 bits per heavy atom. The summed E-state index contributed by atoms with van der Waals surface area (Å²) in [6.07, 6.45) is 4.93. The van der Waals surface area contributed by atoms with Gasteiger partial charge in [-0.1, -0.05) is 12.1 Å². The third-order valence-electron chi connectivity index (χ3n) is 4.47. The monoisotopic (exact) mass is 315 g/mol. The zero-order valence-electron chi connectivity index (χ0n) is 13.3. The number of carbonyl (C=O) groups excluding carboxylic acids is 1. The predicted molar refractivity (Wildman–Crippen MR) is 88.1 cm³/mol. The molecule has 1 aromatic carbocycles. The van der Waals surface area contributed by atoms with Crippen molar-refractivity contribution in [3.8, 4) is 0 Å². The Morgan fingerprint density at radius 2 is 1.87 bits per heavy atom. The molecule has 3 rings (SSSR count). The molecule has 1 aromatic heterocycles. The van der Waals surface area contributed by atoms with Crippen LogP contribution in [0, 0.1) is 0 Å². The number of para-hydroxylation sites is 1. The number of amides is 1. The third-order valence-corrected chi connectivity index (χ3v) is 4.47. The highest BCUT2D eigenvalue weighted by Crippen LogP contribution is 2.08. The number of hydrogen-bond acceptors (Lipinski definition) is 3. The third kappa shape index (κ3) is 3.59. The highest BCUT2D eigenvalue weighted by atomic mass is 16.2. The van der Waals surface area contributed by atoms with Gasteiger partial charge in [-0.15, -0.1) is 0 Å². The van der Waals surface area contributed by atoms with Crippen molar-refractivity contribution in [3.63, 3.8) is 0 Å². The number of nitrogens with one attached hydrogen (secondary N) is 1. The molecule has 0 aliphatic carbocycles. The lowest BCUT2D eigenvalue weighted by molar-refractivity contribution is -0.913. The molecule has 0 spiro atoms. The fourth-order valence-electron chi connectivity index (χ4n) is 3.30. The van der Waals surface area contributed by atoms with Crippen molar-refractivity contribution in [1.82, 2.24) is 9.55 Å². The topological polar surface area (TPSA) is 82.4 Å². The van der Waals surface area contributed by atoms with E-state index in [0.29, 0.717) is 23.3 Å². The van der Waals surface area contributed by atoms with Crippen LogP contribution in [-0.4, -0.2) is 28.5 Å². The molecule has 1 amide bonds. The summed E-state index contributed by atoms with van der Waals surface area (Å²) in [6.45, 7) is 2.71. The number of hydrogen-bond donors (Lipinski definition) is 2. The van der Waals surface area contributed by atoms with Crippen LogP contribution in [0.4, 0.5) is 0 Å². The van der Waals surface area contributed by atoms with E-state index in [-0.39, 0.29) is 12.1 Å². The molecule has 6 heteroatoms. The maximum Gasteiger partial charge on any atom is 0.262 e. The summed E-state index contributed by atoms with van der Waals surface area (Å²) in [5, 5.41) is 0.531. The highest BCUT2D eigenvalue weighted by molar-refractivity contribution is 5.78. The zero-order valence-corrected chi connectivity index (χ0v) is 13.3. The number of rotatable bonds is 4. The zero-order chi connectivity index (χ0) is 16.2. The van der Waals surface area contributed by atoms with Gasteiger partial charge in [0.25, 0.3) is 5.56 Å². The number of benzene rings is 1. The molecule has 0 radical (unpaired) electrons. The Morgan fingerprint density at radius 1 is 1.17 bits per heavy atom. The number of quaternary nitrogens is 1. The van der Waals surface area contributed by atoms with Crippen LogP contribution in [0.3, 0.4) is 0 Å². The fourth-order valence-corrected chi connectivity index (χ4v) is 3.30. The number of primary amides is 1. The van der Waals surface area contributed by atoms with Gasteiger partial charge in [-0.3, -0.25) is 14.2 Å². The van der Waals surface area contributed by atoms with Gasteiger partial charge < -0.3 is 10.6 Å². The van der Waals surface area contributed by atoms with Gasteiger partial charge in [0.05, 0.1) is 24.0 Å². The standard InChI is InChI=1S/C17H22N4O2/c18-15(22)11-21-16(12-20-9-5-1-2-6-10-20)19-14-8-4-3-7-13(14)17(21)23/h3-4,7-8H,1-2,5-6,9-12H2,(H2,18,22)/p+1. The van der Waals surface area contributed by atoms with Crippen molar-refractivity contribution in [2.24, 2.45) is 5.73 Å². The van der Waals surface area contributed by atoms with Crippen molar-refractivity contribution >= 4 is 16.8 Å². The summed E-state index contributed by atoms with van der Waals surface area (Å²) in [7, 11) is 0. The van der Waals surface area contributed by atoms with Crippen molar-refractivity contribution < 1.29 is 9.69 Å². The van der Waals surface area contributed by atoms with Crippen LogP contribution in [-0.2, 0) is 17.9 Å². The molecule has 3 N–H and O–H groups in total. The van der Waals surface area contributed by atoms with E-state index in [9.17, 15) is 9.59 Å². The minimum absolute atomic E-state index is 0.112.